The fourth-order valence-corrected chi connectivity index (χ4v) is 2.42. The van der Waals surface area contributed by atoms with Crippen LogP contribution in [0.3, 0.4) is 0 Å². The van der Waals surface area contributed by atoms with Gasteiger partial charge in [-0.2, -0.15) is 0 Å². The van der Waals surface area contributed by atoms with Crippen LogP contribution in [0.4, 0.5) is 5.69 Å². The van der Waals surface area contributed by atoms with E-state index < -0.39 is 0 Å². The molecular formula is C15H15IN2O. The molecule has 19 heavy (non-hydrogen) atoms. The van der Waals surface area contributed by atoms with Gasteiger partial charge in [0, 0.05) is 9.26 Å². The molecule has 1 amide bonds. The molecule has 4 heteroatoms. The van der Waals surface area contributed by atoms with Gasteiger partial charge in [-0.15, -0.1) is 0 Å². The maximum absolute atomic E-state index is 12.2. The van der Waals surface area contributed by atoms with Gasteiger partial charge in [-0.25, -0.2) is 0 Å². The van der Waals surface area contributed by atoms with E-state index in [9.17, 15) is 4.79 Å². The van der Waals surface area contributed by atoms with Crippen molar-refractivity contribution in [3.8, 4) is 0 Å². The molecule has 3 N–H and O–H groups in total. The van der Waals surface area contributed by atoms with Gasteiger partial charge in [-0.3, -0.25) is 4.79 Å². The topological polar surface area (TPSA) is 55.1 Å². The predicted octanol–water partition coefficient (Wildman–Crippen LogP) is 3.36. The zero-order chi connectivity index (χ0) is 13.8. The Bertz CT molecular complexity index is 581. The average molecular weight is 366 g/mol. The molecule has 0 aliphatic heterocycles. The van der Waals surface area contributed by atoms with E-state index in [1.54, 1.807) is 0 Å². The van der Waals surface area contributed by atoms with E-state index in [4.69, 9.17) is 5.73 Å². The number of nitrogen functional groups attached to an aromatic ring is 1. The van der Waals surface area contributed by atoms with Crippen molar-refractivity contribution in [1.29, 1.82) is 0 Å². The number of benzene rings is 2. The molecule has 0 heterocycles. The first-order valence-electron chi connectivity index (χ1n) is 5.99. The van der Waals surface area contributed by atoms with Crippen LogP contribution in [0.5, 0.6) is 0 Å². The third-order valence-electron chi connectivity index (χ3n) is 2.90. The molecule has 0 aliphatic rings. The third-order valence-corrected chi connectivity index (χ3v) is 3.84. The van der Waals surface area contributed by atoms with Gasteiger partial charge in [0.05, 0.1) is 11.6 Å². The molecule has 0 radical (unpaired) electrons. The summed E-state index contributed by atoms with van der Waals surface area (Å²) in [5.41, 5.74) is 8.11. The van der Waals surface area contributed by atoms with E-state index in [-0.39, 0.29) is 11.9 Å². The summed E-state index contributed by atoms with van der Waals surface area (Å²) in [6, 6.07) is 15.0. The third kappa shape index (κ3) is 3.47. The van der Waals surface area contributed by atoms with Crippen molar-refractivity contribution in [2.75, 3.05) is 5.73 Å². The second-order valence-electron chi connectivity index (χ2n) is 4.34. The highest BCUT2D eigenvalue weighted by molar-refractivity contribution is 14.1. The highest BCUT2D eigenvalue weighted by atomic mass is 127. The average Bonchev–Trinajstić information content (AvgIpc) is 2.39. The summed E-state index contributed by atoms with van der Waals surface area (Å²) in [4.78, 5) is 12.2. The first-order chi connectivity index (χ1) is 9.08. The van der Waals surface area contributed by atoms with Gasteiger partial charge in [0.2, 0.25) is 0 Å². The van der Waals surface area contributed by atoms with Gasteiger partial charge < -0.3 is 11.1 Å². The number of hydrogen-bond donors (Lipinski definition) is 2. The van der Waals surface area contributed by atoms with Gasteiger partial charge in [0.15, 0.2) is 0 Å². The number of carbonyl (C=O) groups is 1. The van der Waals surface area contributed by atoms with Crippen LogP contribution in [0, 0.1) is 3.57 Å². The summed E-state index contributed by atoms with van der Waals surface area (Å²) in [6.07, 6.45) is 0. The molecule has 2 aromatic carbocycles. The lowest BCUT2D eigenvalue weighted by Crippen LogP contribution is -2.27. The van der Waals surface area contributed by atoms with Crippen molar-refractivity contribution < 1.29 is 4.79 Å². The van der Waals surface area contributed by atoms with E-state index in [2.05, 4.69) is 27.9 Å². The largest absolute Gasteiger partial charge is 0.399 e. The van der Waals surface area contributed by atoms with Crippen molar-refractivity contribution >= 4 is 34.2 Å². The molecule has 0 spiro atoms. The first kappa shape index (κ1) is 13.9. The SMILES string of the molecule is CC(NC(=O)c1ccccc1I)c1ccc(N)cc1. The number of hydrogen-bond acceptors (Lipinski definition) is 2. The Labute approximate surface area is 126 Å². The summed E-state index contributed by atoms with van der Waals surface area (Å²) in [7, 11) is 0. The Morgan fingerprint density at radius 3 is 2.42 bits per heavy atom. The molecule has 3 nitrogen and oxygen atoms in total. The Kier molecular flexibility index (Phi) is 4.42. The van der Waals surface area contributed by atoms with Crippen LogP contribution in [0.1, 0.15) is 28.9 Å². The van der Waals surface area contributed by atoms with Crippen LogP contribution >= 0.6 is 22.6 Å². The quantitative estimate of drug-likeness (QED) is 0.647. The highest BCUT2D eigenvalue weighted by Gasteiger charge is 2.13. The van der Waals surface area contributed by atoms with Crippen molar-refractivity contribution in [1.82, 2.24) is 5.32 Å². The van der Waals surface area contributed by atoms with Crippen molar-refractivity contribution in [2.24, 2.45) is 0 Å². The van der Waals surface area contributed by atoms with E-state index in [1.807, 2.05) is 55.5 Å². The normalized spacial score (nSPS) is 11.9. The maximum atomic E-state index is 12.2. The maximum Gasteiger partial charge on any atom is 0.252 e. The molecule has 1 unspecified atom stereocenters. The lowest BCUT2D eigenvalue weighted by atomic mass is 10.1. The summed E-state index contributed by atoms with van der Waals surface area (Å²) in [6.45, 7) is 1.96. The molecule has 0 aliphatic carbocycles. The van der Waals surface area contributed by atoms with Crippen molar-refractivity contribution in [2.45, 2.75) is 13.0 Å². The van der Waals surface area contributed by atoms with Crippen LogP contribution in [0.2, 0.25) is 0 Å². The number of nitrogens with one attached hydrogen (secondary N) is 1. The predicted molar refractivity (Wildman–Crippen MR) is 85.9 cm³/mol. The van der Waals surface area contributed by atoms with Crippen LogP contribution < -0.4 is 11.1 Å². The molecule has 98 valence electrons. The molecule has 2 aromatic rings. The Morgan fingerprint density at radius 1 is 1.16 bits per heavy atom. The lowest BCUT2D eigenvalue weighted by molar-refractivity contribution is 0.0939. The second-order valence-corrected chi connectivity index (χ2v) is 5.50. The number of halogens is 1. The fraction of sp³-hybridized carbons (Fsp3) is 0.133. The Hall–Kier alpha value is -1.56. The standard InChI is InChI=1S/C15H15IN2O/c1-10(11-6-8-12(17)9-7-11)18-15(19)13-4-2-3-5-14(13)16/h2-10H,17H2,1H3,(H,18,19). The van der Waals surface area contributed by atoms with E-state index in [1.165, 1.54) is 0 Å². The van der Waals surface area contributed by atoms with Crippen molar-refractivity contribution in [3.63, 3.8) is 0 Å². The first-order valence-corrected chi connectivity index (χ1v) is 7.06. The summed E-state index contributed by atoms with van der Waals surface area (Å²) in [5, 5.41) is 2.99. The van der Waals surface area contributed by atoms with E-state index in [0.29, 0.717) is 5.56 Å². The highest BCUT2D eigenvalue weighted by Crippen LogP contribution is 2.16. The van der Waals surface area contributed by atoms with Crippen LogP contribution in [0.25, 0.3) is 0 Å². The zero-order valence-electron chi connectivity index (χ0n) is 10.6. The fourth-order valence-electron chi connectivity index (χ4n) is 1.79. The number of nitrogens with two attached hydrogens (primary N) is 1. The molecule has 2 rings (SSSR count). The van der Waals surface area contributed by atoms with Crippen LogP contribution in [-0.2, 0) is 0 Å². The van der Waals surface area contributed by atoms with Gasteiger partial charge in [0.1, 0.15) is 0 Å². The summed E-state index contributed by atoms with van der Waals surface area (Å²) >= 11 is 2.16. The zero-order valence-corrected chi connectivity index (χ0v) is 12.7. The van der Waals surface area contributed by atoms with Gasteiger partial charge in [0.25, 0.3) is 5.91 Å². The smallest absolute Gasteiger partial charge is 0.252 e. The molecular weight excluding hydrogens is 351 g/mol. The minimum atomic E-state index is -0.0608. The number of rotatable bonds is 3. The minimum absolute atomic E-state index is 0.0518. The molecule has 0 saturated carbocycles. The molecule has 0 bridgehead atoms. The second kappa shape index (κ2) is 6.06. The minimum Gasteiger partial charge on any atom is -0.399 e. The Balaban J connectivity index is 2.11. The number of carbonyl (C=O) groups excluding carboxylic acids is 1. The van der Waals surface area contributed by atoms with E-state index in [0.717, 1.165) is 14.8 Å². The van der Waals surface area contributed by atoms with Gasteiger partial charge in [-0.1, -0.05) is 24.3 Å². The number of anilines is 1. The molecule has 0 fully saturated rings. The van der Waals surface area contributed by atoms with Crippen LogP contribution in [-0.4, -0.2) is 5.91 Å². The van der Waals surface area contributed by atoms with Crippen LogP contribution in [0.15, 0.2) is 48.5 Å². The summed E-state index contributed by atoms with van der Waals surface area (Å²) in [5.74, 6) is -0.0608. The molecule has 1 atom stereocenters. The summed E-state index contributed by atoms with van der Waals surface area (Å²) < 4.78 is 0.946. The van der Waals surface area contributed by atoms with Crippen molar-refractivity contribution in [3.05, 3.63) is 63.2 Å². The molecule has 0 aromatic heterocycles. The van der Waals surface area contributed by atoms with Gasteiger partial charge in [-0.05, 0) is 59.3 Å². The monoisotopic (exact) mass is 366 g/mol. The lowest BCUT2D eigenvalue weighted by Gasteiger charge is -2.15. The Morgan fingerprint density at radius 2 is 1.79 bits per heavy atom. The van der Waals surface area contributed by atoms with Gasteiger partial charge >= 0.3 is 0 Å². The van der Waals surface area contributed by atoms with E-state index >= 15 is 0 Å². The molecule has 0 saturated heterocycles. The number of amides is 1.